The number of morpholine rings is 1. The average Bonchev–Trinajstić information content (AvgIpc) is 3.44. The Morgan fingerprint density at radius 3 is 2.41 bits per heavy atom. The molecule has 1 amide bonds. The number of aromatic amines is 1. The van der Waals surface area contributed by atoms with E-state index in [2.05, 4.69) is 42.4 Å². The lowest BCUT2D eigenvalue weighted by Gasteiger charge is -2.29. The third kappa shape index (κ3) is 6.28. The molecule has 4 aromatic heterocycles. The molecule has 41 heavy (non-hydrogen) atoms. The highest BCUT2D eigenvalue weighted by Gasteiger charge is 2.22. The van der Waals surface area contributed by atoms with Gasteiger partial charge in [-0.15, -0.1) is 0 Å². The molecule has 5 rings (SSSR count). The van der Waals surface area contributed by atoms with Crippen LogP contribution in [0.1, 0.15) is 37.0 Å². The van der Waals surface area contributed by atoms with Crippen molar-refractivity contribution in [2.45, 2.75) is 39.8 Å². The number of anilines is 1. The van der Waals surface area contributed by atoms with Crippen molar-refractivity contribution in [3.63, 3.8) is 0 Å². The molecule has 1 fully saturated rings. The number of fused-ring (bicyclic) bond motifs is 1. The Bertz CT molecular complexity index is 1620. The number of ether oxygens (including phenoxy) is 1. The Hall–Kier alpha value is -3.36. The number of aryl methyl sites for hydroxylation is 1. The topological polar surface area (TPSA) is 118 Å². The van der Waals surface area contributed by atoms with E-state index in [0.29, 0.717) is 73.9 Å². The van der Waals surface area contributed by atoms with Gasteiger partial charge in [0.25, 0.3) is 11.5 Å². The van der Waals surface area contributed by atoms with Gasteiger partial charge in [-0.2, -0.15) is 0 Å². The number of nitrogens with zero attached hydrogens (tertiary/aromatic N) is 6. The van der Waals surface area contributed by atoms with Crippen LogP contribution in [0.4, 0.5) is 5.82 Å². The van der Waals surface area contributed by atoms with Crippen molar-refractivity contribution >= 4 is 45.3 Å². The number of halogens is 1. The second kappa shape index (κ2) is 13.1. The summed E-state index contributed by atoms with van der Waals surface area (Å²) in [4.78, 5) is 56.0. The number of pyridine rings is 2. The number of aromatic nitrogens is 5. The normalized spacial score (nSPS) is 14.0. The van der Waals surface area contributed by atoms with E-state index in [0.717, 1.165) is 28.8 Å². The van der Waals surface area contributed by atoms with Gasteiger partial charge in [-0.05, 0) is 65.8 Å². The van der Waals surface area contributed by atoms with E-state index in [-0.39, 0.29) is 17.2 Å². The maximum atomic E-state index is 13.6. The van der Waals surface area contributed by atoms with Crippen molar-refractivity contribution in [1.82, 2.24) is 29.0 Å². The zero-order valence-electron chi connectivity index (χ0n) is 23.3. The fraction of sp³-hybridized carbons (Fsp3) is 0.414. The second-order valence-corrected chi connectivity index (χ2v) is 11.1. The number of hydrogen-bond donors (Lipinski definition) is 1. The molecule has 1 N–H and O–H groups in total. The van der Waals surface area contributed by atoms with E-state index >= 15 is 0 Å². The summed E-state index contributed by atoms with van der Waals surface area (Å²) in [6.07, 6.45) is 4.73. The molecule has 12 heteroatoms. The highest BCUT2D eigenvalue weighted by molar-refractivity contribution is 14.1. The SMILES string of the molecule is CCCn1c(=O)c2[nH]c(-c3ccc(N(CCN4CCOCC4)C(=O)c4ccc(I)nc4)nc3)cc2n(CCC)c1=O. The molecule has 0 saturated carbocycles. The first-order chi connectivity index (χ1) is 19.9. The summed E-state index contributed by atoms with van der Waals surface area (Å²) >= 11 is 2.11. The zero-order valence-corrected chi connectivity index (χ0v) is 25.5. The Balaban J connectivity index is 1.48. The van der Waals surface area contributed by atoms with Crippen LogP contribution in [0.5, 0.6) is 0 Å². The number of nitrogens with one attached hydrogen (secondary N) is 1. The maximum Gasteiger partial charge on any atom is 0.331 e. The van der Waals surface area contributed by atoms with Crippen molar-refractivity contribution in [2.75, 3.05) is 44.3 Å². The average molecular weight is 672 g/mol. The van der Waals surface area contributed by atoms with Gasteiger partial charge in [0.05, 0.1) is 24.3 Å². The minimum atomic E-state index is -0.318. The van der Waals surface area contributed by atoms with E-state index < -0.39 is 0 Å². The highest BCUT2D eigenvalue weighted by atomic mass is 127. The molecule has 1 aliphatic heterocycles. The first-order valence-electron chi connectivity index (χ1n) is 14.0. The van der Waals surface area contributed by atoms with Crippen LogP contribution >= 0.6 is 22.6 Å². The molecular formula is C29H34IN7O4. The quantitative estimate of drug-likeness (QED) is 0.203. The molecule has 5 heterocycles. The number of hydrogen-bond acceptors (Lipinski definition) is 7. The number of carbonyl (C=O) groups is 1. The van der Waals surface area contributed by atoms with Crippen LogP contribution in [-0.2, 0) is 17.8 Å². The highest BCUT2D eigenvalue weighted by Crippen LogP contribution is 2.24. The Morgan fingerprint density at radius 1 is 1.00 bits per heavy atom. The Morgan fingerprint density at radius 2 is 1.76 bits per heavy atom. The lowest BCUT2D eigenvalue weighted by molar-refractivity contribution is 0.0391. The molecule has 0 atom stereocenters. The van der Waals surface area contributed by atoms with Crippen LogP contribution in [0.15, 0.2) is 52.3 Å². The van der Waals surface area contributed by atoms with Gasteiger partial charge in [0.2, 0.25) is 0 Å². The van der Waals surface area contributed by atoms with E-state index in [4.69, 9.17) is 4.74 Å². The van der Waals surface area contributed by atoms with Crippen molar-refractivity contribution in [2.24, 2.45) is 0 Å². The minimum Gasteiger partial charge on any atom is -0.379 e. The first-order valence-corrected chi connectivity index (χ1v) is 15.1. The summed E-state index contributed by atoms with van der Waals surface area (Å²) in [5, 5.41) is 0. The molecule has 11 nitrogen and oxygen atoms in total. The van der Waals surface area contributed by atoms with E-state index in [1.54, 1.807) is 27.9 Å². The molecule has 0 bridgehead atoms. The van der Waals surface area contributed by atoms with Gasteiger partial charge in [-0.3, -0.25) is 28.5 Å². The molecule has 216 valence electrons. The third-order valence-corrected chi connectivity index (χ3v) is 7.84. The van der Waals surface area contributed by atoms with E-state index in [1.807, 2.05) is 38.1 Å². The number of amides is 1. The molecule has 0 radical (unpaired) electrons. The summed E-state index contributed by atoms with van der Waals surface area (Å²) in [7, 11) is 0. The smallest absolute Gasteiger partial charge is 0.331 e. The molecule has 1 aliphatic rings. The fourth-order valence-electron chi connectivity index (χ4n) is 5.06. The third-order valence-electron chi connectivity index (χ3n) is 7.20. The van der Waals surface area contributed by atoms with Crippen LogP contribution in [0.3, 0.4) is 0 Å². The van der Waals surface area contributed by atoms with Crippen LogP contribution in [-0.4, -0.2) is 74.3 Å². The molecule has 0 unspecified atom stereocenters. The predicted octanol–water partition coefficient (Wildman–Crippen LogP) is 3.35. The van der Waals surface area contributed by atoms with E-state index in [1.165, 1.54) is 4.57 Å². The standard InChI is InChI=1S/C29H34IN7O4/c1-3-9-35-23-17-22(33-26(23)28(39)37(10-4-2)29(35)40)20-6-8-25(32-18-20)36(12-11-34-13-15-41-16-14-34)27(38)21-5-7-24(30)31-19-21/h5-8,17-19,33H,3-4,9-16H2,1-2H3. The molecule has 0 aromatic carbocycles. The largest absolute Gasteiger partial charge is 0.379 e. The number of H-pyrrole nitrogens is 1. The summed E-state index contributed by atoms with van der Waals surface area (Å²) in [5.74, 6) is 0.350. The van der Waals surface area contributed by atoms with Gasteiger partial charge in [0, 0.05) is 62.9 Å². The molecule has 0 aliphatic carbocycles. The Labute approximate surface area is 251 Å². The maximum absolute atomic E-state index is 13.6. The van der Waals surface area contributed by atoms with Gasteiger partial charge in [0.1, 0.15) is 15.0 Å². The van der Waals surface area contributed by atoms with Gasteiger partial charge in [-0.25, -0.2) is 14.8 Å². The fourth-order valence-corrected chi connectivity index (χ4v) is 5.37. The second-order valence-electron chi connectivity index (χ2n) is 10.0. The molecule has 0 spiro atoms. The summed E-state index contributed by atoms with van der Waals surface area (Å²) in [6.45, 7) is 8.99. The predicted molar refractivity (Wildman–Crippen MR) is 167 cm³/mol. The lowest BCUT2D eigenvalue weighted by Crippen LogP contribution is -2.43. The number of carbonyl (C=O) groups excluding carboxylic acids is 1. The van der Waals surface area contributed by atoms with Crippen molar-refractivity contribution in [3.8, 4) is 11.3 Å². The molecular weight excluding hydrogens is 637 g/mol. The molecule has 4 aromatic rings. The summed E-state index contributed by atoms with van der Waals surface area (Å²) < 4.78 is 9.24. The van der Waals surface area contributed by atoms with Gasteiger partial charge in [0.15, 0.2) is 0 Å². The Kier molecular flexibility index (Phi) is 9.30. The van der Waals surface area contributed by atoms with Gasteiger partial charge >= 0.3 is 5.69 Å². The summed E-state index contributed by atoms with van der Waals surface area (Å²) in [5.41, 5.74) is 2.30. The van der Waals surface area contributed by atoms with Crippen molar-refractivity contribution < 1.29 is 9.53 Å². The van der Waals surface area contributed by atoms with E-state index in [9.17, 15) is 14.4 Å². The summed E-state index contributed by atoms with van der Waals surface area (Å²) in [6, 6.07) is 9.11. The first kappa shape index (κ1) is 29.1. The van der Waals surface area contributed by atoms with Gasteiger partial charge < -0.3 is 9.72 Å². The van der Waals surface area contributed by atoms with Gasteiger partial charge in [-0.1, -0.05) is 13.8 Å². The number of rotatable bonds is 10. The van der Waals surface area contributed by atoms with Crippen molar-refractivity contribution in [3.05, 3.63) is 72.8 Å². The monoisotopic (exact) mass is 671 g/mol. The lowest BCUT2D eigenvalue weighted by atomic mass is 10.2. The van der Waals surface area contributed by atoms with Crippen LogP contribution in [0.25, 0.3) is 22.3 Å². The van der Waals surface area contributed by atoms with Crippen LogP contribution in [0, 0.1) is 3.70 Å². The zero-order chi connectivity index (χ0) is 28.9. The molecule has 1 saturated heterocycles. The van der Waals surface area contributed by atoms with Crippen LogP contribution < -0.4 is 16.1 Å². The minimum absolute atomic E-state index is 0.173. The van der Waals surface area contributed by atoms with Crippen LogP contribution in [0.2, 0.25) is 0 Å². The van der Waals surface area contributed by atoms with Crippen molar-refractivity contribution in [1.29, 1.82) is 0 Å².